The molecular weight excluding hydrogens is 1710 g/mol. The Hall–Kier alpha value is -17.7. The largest absolute Gasteiger partial charge is 0.0622 e. The molecule has 31 aromatic rings. The Morgan fingerprint density at radius 1 is 0.0915 bits per heavy atom. The van der Waals surface area contributed by atoms with Crippen LogP contribution in [0.2, 0.25) is 0 Å². The molecule has 0 bridgehead atoms. The van der Waals surface area contributed by atoms with Crippen molar-refractivity contribution in [2.45, 2.75) is 41.5 Å². The van der Waals surface area contributed by atoms with Crippen LogP contribution in [-0.4, -0.2) is 0 Å². The lowest BCUT2D eigenvalue weighted by Crippen LogP contribution is -1.89. The summed E-state index contributed by atoms with van der Waals surface area (Å²) in [5.41, 5.74) is 13.2. The zero-order chi connectivity index (χ0) is 94.9. The Labute approximate surface area is 824 Å². The minimum absolute atomic E-state index is 1.26. The molecule has 0 aromatic heterocycles. The molecule has 0 atom stereocenters. The van der Waals surface area contributed by atoms with Gasteiger partial charge in [-0.2, -0.15) is 0 Å². The van der Waals surface area contributed by atoms with Gasteiger partial charge in [0.15, 0.2) is 0 Å². The summed E-state index contributed by atoms with van der Waals surface area (Å²) in [5, 5.41) is 61.8. The molecule has 0 heteroatoms. The van der Waals surface area contributed by atoms with Crippen LogP contribution in [0.15, 0.2) is 485 Å². The van der Waals surface area contributed by atoms with Gasteiger partial charge in [0.25, 0.3) is 0 Å². The fourth-order valence-corrected chi connectivity index (χ4v) is 23.7. The Morgan fingerprint density at radius 3 is 0.859 bits per heavy atom. The lowest BCUT2D eigenvalue weighted by Gasteiger charge is -2.16. The maximum Gasteiger partial charge on any atom is -0.00139 e. The molecule has 0 aliphatic carbocycles. The van der Waals surface area contributed by atoms with E-state index in [0.717, 1.165) is 0 Å². The van der Waals surface area contributed by atoms with Crippen molar-refractivity contribution in [3.8, 4) is 22.3 Å². The quantitative estimate of drug-likeness (QED) is 0.120. The summed E-state index contributed by atoms with van der Waals surface area (Å²) >= 11 is 0. The molecule has 0 spiro atoms. The molecule has 31 aromatic carbocycles. The molecule has 0 aliphatic rings. The fraction of sp³-hybridized carbons (Fsp3) is 0.0423. The number of aryl methyl sites for hydroxylation is 6. The molecule has 0 amide bonds. The number of hydrogen-bond acceptors (Lipinski definition) is 0. The molecule has 0 saturated heterocycles. The average Bonchev–Trinajstić information content (AvgIpc) is 0.715. The van der Waals surface area contributed by atoms with E-state index >= 15 is 0 Å². The van der Waals surface area contributed by atoms with Gasteiger partial charge < -0.3 is 0 Å². The van der Waals surface area contributed by atoms with Crippen LogP contribution in [0, 0.1) is 41.5 Å². The van der Waals surface area contributed by atoms with Gasteiger partial charge in [-0.3, -0.25) is 0 Å². The molecule has 31 rings (SSSR count). The van der Waals surface area contributed by atoms with Crippen LogP contribution in [-0.2, 0) is 0 Å². The topological polar surface area (TPSA) is 0 Å². The van der Waals surface area contributed by atoms with Crippen molar-refractivity contribution in [2.24, 2.45) is 0 Å². The monoisotopic (exact) mass is 1800 g/mol. The summed E-state index contributed by atoms with van der Waals surface area (Å²) in [7, 11) is 0. The van der Waals surface area contributed by atoms with Crippen molar-refractivity contribution in [3.05, 3.63) is 519 Å². The number of rotatable bonds is 2. The van der Waals surface area contributed by atoms with Gasteiger partial charge in [-0.15, -0.1) is 0 Å². The van der Waals surface area contributed by atoms with Crippen LogP contribution >= 0.6 is 0 Å². The summed E-state index contributed by atoms with van der Waals surface area (Å²) in [6.07, 6.45) is 0. The summed E-state index contributed by atoms with van der Waals surface area (Å²) in [6.45, 7) is 13.3. The third-order valence-electron chi connectivity index (χ3n) is 30.6. The second-order valence-corrected chi connectivity index (χ2v) is 39.0. The Kier molecular flexibility index (Phi) is 20.8. The summed E-state index contributed by atoms with van der Waals surface area (Å²) in [6, 6.07) is 177. The van der Waals surface area contributed by atoms with Crippen molar-refractivity contribution in [2.75, 3.05) is 0 Å². The third kappa shape index (κ3) is 14.6. The van der Waals surface area contributed by atoms with E-state index in [0.29, 0.717) is 0 Å². The highest BCUT2D eigenvalue weighted by molar-refractivity contribution is 6.40. The van der Waals surface area contributed by atoms with E-state index in [1.165, 1.54) is 303 Å². The first-order valence-corrected chi connectivity index (χ1v) is 49.7. The molecule has 0 unspecified atom stereocenters. The molecular formula is C142H98. The van der Waals surface area contributed by atoms with E-state index < -0.39 is 0 Å². The highest BCUT2D eigenvalue weighted by Gasteiger charge is 2.21. The maximum absolute atomic E-state index is 2.36. The lowest BCUT2D eigenvalue weighted by molar-refractivity contribution is 1.51. The zero-order valence-corrected chi connectivity index (χ0v) is 80.2. The Morgan fingerprint density at radius 2 is 0.352 bits per heavy atom. The molecule has 142 heavy (non-hydrogen) atoms. The van der Waals surface area contributed by atoms with Crippen molar-refractivity contribution >= 4 is 248 Å². The molecule has 666 valence electrons. The van der Waals surface area contributed by atoms with Crippen LogP contribution in [0.25, 0.3) is 270 Å². The van der Waals surface area contributed by atoms with Gasteiger partial charge in [0.1, 0.15) is 0 Å². The SMILES string of the molecule is Cc1c2cc3ccccc3cc2c2ccc3cccc4ccc1c2c43.Cc1c2cc3ccccc3cc2cc2cc3ccccc3cc12.Cc1c2ccc(-c3ccccc3)cc2cc2ccc(-c3ccccc3)cc12.Cc1c2ccccc2cc2cc3ccccc3cc12.Cc1cc2cccc3c4cccc5cccc(c(c1)c23)c54.Cc1ccc2c(c1)c1ccccc1c1c3ccccc3c3ccccc3c21. The Balaban J connectivity index is 0.0000000876. The second-order valence-electron chi connectivity index (χ2n) is 39.0. The normalized spacial score (nSPS) is 11.7. The summed E-state index contributed by atoms with van der Waals surface area (Å²) in [4.78, 5) is 0. The fourth-order valence-electron chi connectivity index (χ4n) is 23.7. The smallest absolute Gasteiger partial charge is 0.00139 e. The van der Waals surface area contributed by atoms with Crippen LogP contribution in [0.3, 0.4) is 0 Å². The van der Waals surface area contributed by atoms with E-state index in [-0.39, 0.29) is 0 Å². The second kappa shape index (κ2) is 34.8. The lowest BCUT2D eigenvalue weighted by atomic mass is 9.87. The predicted octanol–water partition coefficient (Wildman–Crippen LogP) is 40.7. The van der Waals surface area contributed by atoms with Crippen molar-refractivity contribution < 1.29 is 0 Å². The van der Waals surface area contributed by atoms with E-state index in [1.807, 2.05) is 0 Å². The summed E-state index contributed by atoms with van der Waals surface area (Å²) in [5.74, 6) is 0. The van der Waals surface area contributed by atoms with Gasteiger partial charge in [-0.1, -0.05) is 412 Å². The maximum atomic E-state index is 2.36. The van der Waals surface area contributed by atoms with Crippen molar-refractivity contribution in [1.82, 2.24) is 0 Å². The van der Waals surface area contributed by atoms with E-state index in [2.05, 4.69) is 527 Å². The van der Waals surface area contributed by atoms with Gasteiger partial charge >= 0.3 is 0 Å². The highest BCUT2D eigenvalue weighted by atomic mass is 14.2. The van der Waals surface area contributed by atoms with Gasteiger partial charge in [0.2, 0.25) is 0 Å². The molecule has 0 nitrogen and oxygen atoms in total. The standard InChI is InChI=1S/C27H18.C27H20.C25H16.C23H16.C21H14.C19H14/c1-17-14-15-24-25(16-17)20-10-4-7-13-23(20)26-21-11-5-2-8-18(21)19-9-3-6-12-22(19)27(24)26;1-19-26-15-14-22(20-8-4-2-5-9-20)16-25(26)17-24-13-12-23(18-27(19)24)21-10-6-3-7-11-21;1-15-20-11-9-16-7-4-8-17-10-12-21(25(20)24(16)17)23-14-19-6-3-2-5-18(19)13-22(15)23;1-15-22-13-18-8-4-2-6-16(18)10-20(22)12-21-11-17-7-3-5-9-19(17)14-23(15)21;1-13-11-15-7-4-9-17-16-8-2-5-14-6-3-10-18(20(14)16)19(12-13)21(15)17;1-13-18-9-5-4-8-16(18)11-17-10-14-6-2-3-7-15(14)12-19(13)17/h2-16H,1H3;2-18H,1H3;2-14H,1H3;2-14H,1H3;2-12H,1H3;2-12H,1H3. The van der Waals surface area contributed by atoms with Gasteiger partial charge in [-0.05, 0) is 418 Å². The third-order valence-corrected chi connectivity index (χ3v) is 30.6. The van der Waals surface area contributed by atoms with Crippen molar-refractivity contribution in [3.63, 3.8) is 0 Å². The summed E-state index contributed by atoms with van der Waals surface area (Å²) < 4.78 is 0. The van der Waals surface area contributed by atoms with Crippen LogP contribution in [0.4, 0.5) is 0 Å². The first-order chi connectivity index (χ1) is 69.9. The van der Waals surface area contributed by atoms with E-state index in [1.54, 1.807) is 0 Å². The molecule has 0 fully saturated rings. The van der Waals surface area contributed by atoms with Crippen LogP contribution in [0.5, 0.6) is 0 Å². The predicted molar refractivity (Wildman–Crippen MR) is 623 cm³/mol. The molecule has 0 heterocycles. The van der Waals surface area contributed by atoms with Crippen LogP contribution in [0.1, 0.15) is 33.4 Å². The molecule has 0 saturated carbocycles. The highest BCUT2D eigenvalue weighted by Crippen LogP contribution is 2.48. The number of benzene rings is 31. The molecule has 0 N–H and O–H groups in total. The van der Waals surface area contributed by atoms with Gasteiger partial charge in [0.05, 0.1) is 0 Å². The first-order valence-electron chi connectivity index (χ1n) is 49.7. The van der Waals surface area contributed by atoms with E-state index in [9.17, 15) is 0 Å². The average molecular weight is 1800 g/mol. The Bertz CT molecular complexity index is 10400. The molecule has 0 aliphatic heterocycles. The van der Waals surface area contributed by atoms with E-state index in [4.69, 9.17) is 0 Å². The van der Waals surface area contributed by atoms with Gasteiger partial charge in [0, 0.05) is 0 Å². The van der Waals surface area contributed by atoms with Gasteiger partial charge in [-0.25, -0.2) is 0 Å². The number of fused-ring (bicyclic) bond motifs is 25. The van der Waals surface area contributed by atoms with Crippen LogP contribution < -0.4 is 0 Å². The number of hydrogen-bond donors (Lipinski definition) is 0. The molecule has 0 radical (unpaired) electrons. The first kappa shape index (κ1) is 84.8. The minimum atomic E-state index is 1.26. The minimum Gasteiger partial charge on any atom is -0.0622 e. The van der Waals surface area contributed by atoms with Crippen molar-refractivity contribution in [1.29, 1.82) is 0 Å². The zero-order valence-electron chi connectivity index (χ0n) is 80.2.